The zero-order valence-electron chi connectivity index (χ0n) is 11.5. The lowest BCUT2D eigenvalue weighted by Crippen LogP contribution is -2.26. The van der Waals surface area contributed by atoms with E-state index in [1.54, 1.807) is 13.8 Å². The number of rotatable bonds is 8. The number of hydrogen-bond acceptors (Lipinski definition) is 4. The first kappa shape index (κ1) is 15.8. The fraction of sp³-hybridized carbons (Fsp3) is 0.769. The van der Waals surface area contributed by atoms with Gasteiger partial charge in [0.15, 0.2) is 0 Å². The summed E-state index contributed by atoms with van der Waals surface area (Å²) in [5.41, 5.74) is 6.55. The standard InChI is InChI=1S/C13H26N2O2/c1-5-7-8-10(3)9-15-11(4)12(14)13(16)17-6-2/h10,15H,5-9,14H2,1-4H3/b12-11-. The van der Waals surface area contributed by atoms with Crippen molar-refractivity contribution in [2.24, 2.45) is 11.7 Å². The van der Waals surface area contributed by atoms with Crippen molar-refractivity contribution in [3.05, 3.63) is 11.4 Å². The number of hydrogen-bond donors (Lipinski definition) is 2. The molecule has 0 aromatic rings. The SMILES string of the molecule is CCCCC(C)CN/C(C)=C(\N)C(=O)OCC. The van der Waals surface area contributed by atoms with Gasteiger partial charge in [-0.25, -0.2) is 4.79 Å². The minimum absolute atomic E-state index is 0.176. The number of carbonyl (C=O) groups excluding carboxylic acids is 1. The summed E-state index contributed by atoms with van der Waals surface area (Å²) >= 11 is 0. The van der Waals surface area contributed by atoms with Crippen molar-refractivity contribution in [1.29, 1.82) is 0 Å². The van der Waals surface area contributed by atoms with Gasteiger partial charge in [0.1, 0.15) is 5.70 Å². The van der Waals surface area contributed by atoms with Gasteiger partial charge < -0.3 is 15.8 Å². The molecule has 4 heteroatoms. The number of carbonyl (C=O) groups is 1. The molecular weight excluding hydrogens is 216 g/mol. The van der Waals surface area contributed by atoms with Crippen LogP contribution in [0.4, 0.5) is 0 Å². The Hall–Kier alpha value is -1.19. The van der Waals surface area contributed by atoms with E-state index in [4.69, 9.17) is 10.5 Å². The molecular formula is C13H26N2O2. The molecule has 0 aliphatic carbocycles. The summed E-state index contributed by atoms with van der Waals surface area (Å²) in [7, 11) is 0. The van der Waals surface area contributed by atoms with Gasteiger partial charge in [0.25, 0.3) is 0 Å². The van der Waals surface area contributed by atoms with Crippen LogP contribution in [0.3, 0.4) is 0 Å². The molecule has 1 unspecified atom stereocenters. The second-order valence-electron chi connectivity index (χ2n) is 4.39. The molecule has 0 saturated carbocycles. The summed E-state index contributed by atoms with van der Waals surface area (Å²) in [6, 6.07) is 0. The van der Waals surface area contributed by atoms with Crippen molar-refractivity contribution in [2.45, 2.75) is 47.0 Å². The van der Waals surface area contributed by atoms with Gasteiger partial charge in [-0.3, -0.25) is 0 Å². The topological polar surface area (TPSA) is 64.3 Å². The van der Waals surface area contributed by atoms with Crippen LogP contribution in [-0.2, 0) is 9.53 Å². The highest BCUT2D eigenvalue weighted by Gasteiger charge is 2.10. The van der Waals surface area contributed by atoms with E-state index < -0.39 is 5.97 Å². The fourth-order valence-corrected chi connectivity index (χ4v) is 1.44. The third-order valence-corrected chi connectivity index (χ3v) is 2.67. The van der Waals surface area contributed by atoms with Crippen LogP contribution in [0.1, 0.15) is 47.0 Å². The minimum atomic E-state index is -0.446. The molecule has 0 radical (unpaired) electrons. The fourth-order valence-electron chi connectivity index (χ4n) is 1.44. The molecule has 0 fully saturated rings. The zero-order chi connectivity index (χ0) is 13.3. The molecule has 0 amide bonds. The maximum absolute atomic E-state index is 11.4. The highest BCUT2D eigenvalue weighted by Crippen LogP contribution is 2.07. The molecule has 1 atom stereocenters. The maximum atomic E-state index is 11.4. The third-order valence-electron chi connectivity index (χ3n) is 2.67. The Bertz CT molecular complexity index is 262. The molecule has 0 aliphatic heterocycles. The predicted octanol–water partition coefficient (Wildman–Crippen LogP) is 2.16. The van der Waals surface area contributed by atoms with Crippen LogP contribution >= 0.6 is 0 Å². The Balaban J connectivity index is 4.09. The van der Waals surface area contributed by atoms with Gasteiger partial charge in [-0.1, -0.05) is 26.7 Å². The molecule has 0 spiro atoms. The highest BCUT2D eigenvalue weighted by molar-refractivity contribution is 5.88. The molecule has 0 saturated heterocycles. The van der Waals surface area contributed by atoms with Crippen LogP contribution in [0.5, 0.6) is 0 Å². The summed E-state index contributed by atoms with van der Waals surface area (Å²) in [5.74, 6) is 0.138. The van der Waals surface area contributed by atoms with Crippen LogP contribution in [0.2, 0.25) is 0 Å². The van der Waals surface area contributed by atoms with Gasteiger partial charge in [0.05, 0.1) is 6.61 Å². The van der Waals surface area contributed by atoms with Crippen molar-refractivity contribution < 1.29 is 9.53 Å². The first-order valence-corrected chi connectivity index (χ1v) is 6.40. The average molecular weight is 242 g/mol. The van der Waals surface area contributed by atoms with Gasteiger partial charge >= 0.3 is 5.97 Å². The van der Waals surface area contributed by atoms with E-state index in [1.165, 1.54) is 19.3 Å². The van der Waals surface area contributed by atoms with E-state index in [-0.39, 0.29) is 5.70 Å². The molecule has 0 bridgehead atoms. The molecule has 0 rings (SSSR count). The second kappa shape index (κ2) is 8.90. The quantitative estimate of drug-likeness (QED) is 0.505. The Labute approximate surface area is 105 Å². The normalized spacial score (nSPS) is 13.9. The van der Waals surface area contributed by atoms with Gasteiger partial charge in [-0.2, -0.15) is 0 Å². The zero-order valence-corrected chi connectivity index (χ0v) is 11.5. The molecule has 100 valence electrons. The van der Waals surface area contributed by atoms with Crippen LogP contribution in [0.25, 0.3) is 0 Å². The third kappa shape index (κ3) is 6.87. The lowest BCUT2D eigenvalue weighted by atomic mass is 10.0. The monoisotopic (exact) mass is 242 g/mol. The minimum Gasteiger partial charge on any atom is -0.461 e. The van der Waals surface area contributed by atoms with E-state index in [0.717, 1.165) is 6.54 Å². The Morgan fingerprint density at radius 1 is 1.41 bits per heavy atom. The van der Waals surface area contributed by atoms with Gasteiger partial charge in [0, 0.05) is 12.2 Å². The van der Waals surface area contributed by atoms with Gasteiger partial charge in [0.2, 0.25) is 0 Å². The summed E-state index contributed by atoms with van der Waals surface area (Å²) < 4.78 is 4.83. The lowest BCUT2D eigenvalue weighted by molar-refractivity contribution is -0.138. The lowest BCUT2D eigenvalue weighted by Gasteiger charge is -2.14. The van der Waals surface area contributed by atoms with Gasteiger partial charge in [-0.15, -0.1) is 0 Å². The van der Waals surface area contributed by atoms with Crippen molar-refractivity contribution in [1.82, 2.24) is 5.32 Å². The number of ether oxygens (including phenoxy) is 1. The maximum Gasteiger partial charge on any atom is 0.355 e. The largest absolute Gasteiger partial charge is 0.461 e. The summed E-state index contributed by atoms with van der Waals surface area (Å²) in [5, 5.41) is 3.18. The van der Waals surface area contributed by atoms with Crippen LogP contribution in [-0.4, -0.2) is 19.1 Å². The smallest absolute Gasteiger partial charge is 0.355 e. The van der Waals surface area contributed by atoms with Gasteiger partial charge in [-0.05, 0) is 26.2 Å². The average Bonchev–Trinajstić information content (AvgIpc) is 2.32. The van der Waals surface area contributed by atoms with Crippen LogP contribution in [0.15, 0.2) is 11.4 Å². The Morgan fingerprint density at radius 2 is 2.06 bits per heavy atom. The number of unbranched alkanes of at least 4 members (excludes halogenated alkanes) is 1. The molecule has 3 N–H and O–H groups in total. The number of nitrogens with two attached hydrogens (primary N) is 1. The molecule has 0 aromatic carbocycles. The first-order chi connectivity index (χ1) is 8.02. The molecule has 0 aliphatic rings. The molecule has 0 aromatic heterocycles. The van der Waals surface area contributed by atoms with Crippen molar-refractivity contribution >= 4 is 5.97 Å². The molecule has 4 nitrogen and oxygen atoms in total. The highest BCUT2D eigenvalue weighted by atomic mass is 16.5. The summed E-state index contributed by atoms with van der Waals surface area (Å²) in [4.78, 5) is 11.4. The number of nitrogens with one attached hydrogen (secondary N) is 1. The van der Waals surface area contributed by atoms with E-state index in [9.17, 15) is 4.79 Å². The van der Waals surface area contributed by atoms with Crippen molar-refractivity contribution in [3.8, 4) is 0 Å². The van der Waals surface area contributed by atoms with Crippen molar-refractivity contribution in [3.63, 3.8) is 0 Å². The predicted molar refractivity (Wildman–Crippen MR) is 70.2 cm³/mol. The summed E-state index contributed by atoms with van der Waals surface area (Å²) in [6.45, 7) is 9.13. The van der Waals surface area contributed by atoms with E-state index in [2.05, 4.69) is 19.2 Å². The second-order valence-corrected chi connectivity index (χ2v) is 4.39. The number of allylic oxidation sites excluding steroid dienone is 1. The Kier molecular flexibility index (Phi) is 8.28. The van der Waals surface area contributed by atoms with Crippen LogP contribution in [0, 0.1) is 5.92 Å². The summed E-state index contributed by atoms with van der Waals surface area (Å²) in [6.07, 6.45) is 3.64. The van der Waals surface area contributed by atoms with E-state index in [1.807, 2.05) is 0 Å². The molecule has 17 heavy (non-hydrogen) atoms. The first-order valence-electron chi connectivity index (χ1n) is 6.40. The van der Waals surface area contributed by atoms with Crippen LogP contribution < -0.4 is 11.1 Å². The van der Waals surface area contributed by atoms with E-state index in [0.29, 0.717) is 18.2 Å². The molecule has 0 heterocycles. The van der Waals surface area contributed by atoms with E-state index >= 15 is 0 Å². The van der Waals surface area contributed by atoms with Crippen molar-refractivity contribution in [2.75, 3.05) is 13.2 Å². The Morgan fingerprint density at radius 3 is 2.59 bits per heavy atom. The number of esters is 1.